The third-order valence-corrected chi connectivity index (χ3v) is 3.55. The molecule has 1 amide bonds. The smallest absolute Gasteiger partial charge is 0.241 e. The van der Waals surface area contributed by atoms with Gasteiger partial charge in [-0.05, 0) is 48.2 Å². The Morgan fingerprint density at radius 3 is 2.70 bits per heavy atom. The summed E-state index contributed by atoms with van der Waals surface area (Å²) in [6.07, 6.45) is 4.14. The number of carbonyl (C=O) groups excluding carboxylic acids is 1. The summed E-state index contributed by atoms with van der Waals surface area (Å²) < 4.78 is 5.42. The molecular weight excluding hydrogens is 252 g/mol. The molecule has 1 fully saturated rings. The highest BCUT2D eigenvalue weighted by molar-refractivity contribution is 5.90. The number of primary amides is 1. The van der Waals surface area contributed by atoms with Crippen LogP contribution in [-0.2, 0) is 16.0 Å². The Bertz CT molecular complexity index is 517. The zero-order valence-corrected chi connectivity index (χ0v) is 12.2. The minimum Gasteiger partial charge on any atom is -0.378 e. The molecule has 1 saturated heterocycles. The lowest BCUT2D eigenvalue weighted by Crippen LogP contribution is -2.37. The Morgan fingerprint density at radius 1 is 1.40 bits per heavy atom. The monoisotopic (exact) mass is 274 g/mol. The highest BCUT2D eigenvalue weighted by Crippen LogP contribution is 2.28. The number of nitrogens with two attached hydrogens (primary N) is 1. The van der Waals surface area contributed by atoms with Crippen molar-refractivity contribution in [1.29, 1.82) is 0 Å². The summed E-state index contributed by atoms with van der Waals surface area (Å²) in [5.41, 5.74) is 10.0. The number of hydrogen-bond acceptors (Lipinski definition) is 3. The molecule has 0 aromatic heterocycles. The second-order valence-corrected chi connectivity index (χ2v) is 5.03. The number of amides is 1. The van der Waals surface area contributed by atoms with Crippen molar-refractivity contribution in [3.05, 3.63) is 34.9 Å². The molecule has 1 heterocycles. The molecule has 0 spiro atoms. The van der Waals surface area contributed by atoms with Crippen LogP contribution in [0.2, 0.25) is 0 Å². The Morgan fingerprint density at radius 2 is 2.10 bits per heavy atom. The van der Waals surface area contributed by atoms with Gasteiger partial charge in [-0.2, -0.15) is 0 Å². The van der Waals surface area contributed by atoms with Crippen LogP contribution in [0, 0.1) is 6.92 Å². The topological polar surface area (TPSA) is 55.6 Å². The maximum absolute atomic E-state index is 10.8. The van der Waals surface area contributed by atoms with Crippen molar-refractivity contribution in [3.63, 3.8) is 0 Å². The van der Waals surface area contributed by atoms with Crippen molar-refractivity contribution < 1.29 is 9.53 Å². The fraction of sp³-hybridized carbons (Fsp3) is 0.438. The van der Waals surface area contributed by atoms with Gasteiger partial charge in [0.1, 0.15) is 0 Å². The number of benzene rings is 1. The number of morpholine rings is 1. The highest BCUT2D eigenvalue weighted by atomic mass is 16.5. The van der Waals surface area contributed by atoms with Crippen LogP contribution < -0.4 is 10.6 Å². The predicted octanol–water partition coefficient (Wildman–Crippen LogP) is 1.89. The number of rotatable bonds is 4. The SMILES string of the molecule is CCc1cc(/C=C\C(N)=O)cc(C)c1N1CCOCC1. The second kappa shape index (κ2) is 6.57. The standard InChI is InChI=1S/C16H22N2O2/c1-3-14-11-13(4-5-15(17)19)10-12(2)16(14)18-6-8-20-9-7-18/h4-5,10-11H,3,6-9H2,1-2H3,(H2,17,19)/b5-4-. The summed E-state index contributed by atoms with van der Waals surface area (Å²) in [6, 6.07) is 4.24. The van der Waals surface area contributed by atoms with Crippen LogP contribution in [0.3, 0.4) is 0 Å². The van der Waals surface area contributed by atoms with Crippen molar-refractivity contribution in [3.8, 4) is 0 Å². The average molecular weight is 274 g/mol. The lowest BCUT2D eigenvalue weighted by atomic mass is 10.00. The van der Waals surface area contributed by atoms with Crippen molar-refractivity contribution in [2.24, 2.45) is 5.73 Å². The molecule has 0 aliphatic carbocycles. The molecule has 0 radical (unpaired) electrons. The highest BCUT2D eigenvalue weighted by Gasteiger charge is 2.16. The fourth-order valence-electron chi connectivity index (χ4n) is 2.67. The van der Waals surface area contributed by atoms with Crippen molar-refractivity contribution in [2.45, 2.75) is 20.3 Å². The van der Waals surface area contributed by atoms with E-state index in [1.165, 1.54) is 22.9 Å². The third-order valence-electron chi connectivity index (χ3n) is 3.55. The Kier molecular flexibility index (Phi) is 4.79. The van der Waals surface area contributed by atoms with Crippen LogP contribution in [0.15, 0.2) is 18.2 Å². The van der Waals surface area contributed by atoms with E-state index in [1.807, 2.05) is 0 Å². The Labute approximate surface area is 120 Å². The lowest BCUT2D eigenvalue weighted by Gasteiger charge is -2.32. The molecule has 0 saturated carbocycles. The lowest BCUT2D eigenvalue weighted by molar-refractivity contribution is -0.113. The molecule has 1 aliphatic rings. The van der Waals surface area contributed by atoms with Gasteiger partial charge >= 0.3 is 0 Å². The average Bonchev–Trinajstić information content (AvgIpc) is 2.45. The molecule has 0 unspecified atom stereocenters. The van der Waals surface area contributed by atoms with E-state index >= 15 is 0 Å². The summed E-state index contributed by atoms with van der Waals surface area (Å²) in [5.74, 6) is -0.419. The normalized spacial score (nSPS) is 15.8. The molecular formula is C16H22N2O2. The van der Waals surface area contributed by atoms with Gasteiger partial charge in [0.2, 0.25) is 5.91 Å². The minimum absolute atomic E-state index is 0.419. The van der Waals surface area contributed by atoms with Gasteiger partial charge in [-0.1, -0.05) is 6.92 Å². The number of nitrogens with zero attached hydrogens (tertiary/aromatic N) is 1. The number of ether oxygens (including phenoxy) is 1. The first-order valence-electron chi connectivity index (χ1n) is 7.05. The van der Waals surface area contributed by atoms with E-state index in [2.05, 4.69) is 30.9 Å². The van der Waals surface area contributed by atoms with Gasteiger partial charge in [-0.25, -0.2) is 0 Å². The van der Waals surface area contributed by atoms with Crippen LogP contribution in [0.1, 0.15) is 23.6 Å². The molecule has 4 heteroatoms. The van der Waals surface area contributed by atoms with Crippen LogP contribution in [0.25, 0.3) is 6.08 Å². The first-order valence-corrected chi connectivity index (χ1v) is 7.05. The Hall–Kier alpha value is -1.81. The Balaban J connectivity index is 2.34. The van der Waals surface area contributed by atoms with E-state index in [0.29, 0.717) is 0 Å². The van der Waals surface area contributed by atoms with E-state index in [-0.39, 0.29) is 0 Å². The van der Waals surface area contributed by atoms with E-state index in [9.17, 15) is 4.79 Å². The summed E-state index contributed by atoms with van der Waals surface area (Å²) in [6.45, 7) is 7.71. The maximum Gasteiger partial charge on any atom is 0.241 e. The van der Waals surface area contributed by atoms with Gasteiger partial charge in [0.25, 0.3) is 0 Å². The van der Waals surface area contributed by atoms with Gasteiger partial charge in [-0.3, -0.25) is 4.79 Å². The van der Waals surface area contributed by atoms with Crippen LogP contribution in [0.4, 0.5) is 5.69 Å². The van der Waals surface area contributed by atoms with E-state index < -0.39 is 5.91 Å². The van der Waals surface area contributed by atoms with Gasteiger partial charge in [0.05, 0.1) is 13.2 Å². The summed E-state index contributed by atoms with van der Waals surface area (Å²) in [7, 11) is 0. The van der Waals surface area contributed by atoms with Crippen molar-refractivity contribution in [1.82, 2.24) is 0 Å². The van der Waals surface area contributed by atoms with Crippen LogP contribution >= 0.6 is 0 Å². The molecule has 2 rings (SSSR count). The first kappa shape index (κ1) is 14.6. The third kappa shape index (κ3) is 3.39. The molecule has 1 aromatic carbocycles. The van der Waals surface area contributed by atoms with Gasteiger partial charge in [0.15, 0.2) is 0 Å². The zero-order valence-electron chi connectivity index (χ0n) is 12.2. The molecule has 2 N–H and O–H groups in total. The molecule has 108 valence electrons. The molecule has 4 nitrogen and oxygen atoms in total. The number of carbonyl (C=O) groups is 1. The molecule has 1 aromatic rings. The summed E-state index contributed by atoms with van der Waals surface area (Å²) in [4.78, 5) is 13.2. The number of anilines is 1. The van der Waals surface area contributed by atoms with Gasteiger partial charge < -0.3 is 15.4 Å². The second-order valence-electron chi connectivity index (χ2n) is 5.03. The maximum atomic E-state index is 10.8. The van der Waals surface area contributed by atoms with Crippen molar-refractivity contribution in [2.75, 3.05) is 31.2 Å². The van der Waals surface area contributed by atoms with E-state index in [0.717, 1.165) is 38.3 Å². The number of hydrogen-bond donors (Lipinski definition) is 1. The first-order chi connectivity index (χ1) is 9.61. The number of aryl methyl sites for hydroxylation is 2. The summed E-state index contributed by atoms with van der Waals surface area (Å²) in [5, 5.41) is 0. The van der Waals surface area contributed by atoms with E-state index in [4.69, 9.17) is 10.5 Å². The quantitative estimate of drug-likeness (QED) is 0.853. The van der Waals surface area contributed by atoms with Crippen LogP contribution in [-0.4, -0.2) is 32.2 Å². The van der Waals surface area contributed by atoms with Gasteiger partial charge in [-0.15, -0.1) is 0 Å². The molecule has 20 heavy (non-hydrogen) atoms. The van der Waals surface area contributed by atoms with E-state index in [1.54, 1.807) is 6.08 Å². The molecule has 0 atom stereocenters. The fourth-order valence-corrected chi connectivity index (χ4v) is 2.67. The minimum atomic E-state index is -0.419. The van der Waals surface area contributed by atoms with Crippen molar-refractivity contribution >= 4 is 17.7 Å². The van der Waals surface area contributed by atoms with Gasteiger partial charge in [0, 0.05) is 24.9 Å². The predicted molar refractivity (Wildman–Crippen MR) is 81.8 cm³/mol. The molecule has 0 bridgehead atoms. The summed E-state index contributed by atoms with van der Waals surface area (Å²) >= 11 is 0. The molecule has 1 aliphatic heterocycles. The zero-order chi connectivity index (χ0) is 14.5. The van der Waals surface area contributed by atoms with Crippen LogP contribution in [0.5, 0.6) is 0 Å². The largest absolute Gasteiger partial charge is 0.378 e.